The Morgan fingerprint density at radius 1 is 1.40 bits per heavy atom. The van der Waals surface area contributed by atoms with Gasteiger partial charge in [0.05, 0.1) is 11.4 Å². The van der Waals surface area contributed by atoms with Gasteiger partial charge in [-0.25, -0.2) is 0 Å². The third kappa shape index (κ3) is 6.21. The lowest BCUT2D eigenvalue weighted by Crippen LogP contribution is -2.38. The van der Waals surface area contributed by atoms with Crippen LogP contribution in [0.15, 0.2) is 0 Å². The second-order valence-electron chi connectivity index (χ2n) is 6.63. The smallest absolute Gasteiger partial charge is 0.308 e. The summed E-state index contributed by atoms with van der Waals surface area (Å²) >= 11 is 5.43. The molecule has 0 radical (unpaired) electrons. The van der Waals surface area contributed by atoms with Gasteiger partial charge in [-0.15, -0.1) is 0 Å². The van der Waals surface area contributed by atoms with Gasteiger partial charge in [-0.05, 0) is 40.0 Å². The van der Waals surface area contributed by atoms with Gasteiger partial charge in [0.1, 0.15) is 5.60 Å². The number of rotatable bonds is 7. The normalized spacial score (nSPS) is 17.4. The Bertz CT molecular complexity index is 336. The van der Waals surface area contributed by atoms with Crippen molar-refractivity contribution in [1.82, 2.24) is 4.90 Å². The lowest BCUT2D eigenvalue weighted by Gasteiger charge is -2.30. The molecule has 0 aromatic rings. The first-order chi connectivity index (χ1) is 9.33. The van der Waals surface area contributed by atoms with Gasteiger partial charge < -0.3 is 9.64 Å². The van der Waals surface area contributed by atoms with Crippen molar-refractivity contribution in [3.8, 4) is 0 Å². The number of nitrogens with zero attached hydrogens (tertiary/aromatic N) is 1. The van der Waals surface area contributed by atoms with Crippen molar-refractivity contribution in [2.75, 3.05) is 6.54 Å². The van der Waals surface area contributed by atoms with Gasteiger partial charge in [0, 0.05) is 12.6 Å². The van der Waals surface area contributed by atoms with Crippen LogP contribution in [0.25, 0.3) is 0 Å². The van der Waals surface area contributed by atoms with Crippen LogP contribution in [0.2, 0.25) is 0 Å². The van der Waals surface area contributed by atoms with Crippen molar-refractivity contribution in [3.05, 3.63) is 0 Å². The number of hydrogen-bond acceptors (Lipinski definition) is 3. The maximum absolute atomic E-state index is 12.1. The minimum Gasteiger partial charge on any atom is -0.460 e. The van der Waals surface area contributed by atoms with Crippen LogP contribution >= 0.6 is 12.2 Å². The lowest BCUT2D eigenvalue weighted by molar-refractivity contribution is -0.156. The zero-order valence-electron chi connectivity index (χ0n) is 13.4. The van der Waals surface area contributed by atoms with Crippen LogP contribution in [-0.4, -0.2) is 34.0 Å². The summed E-state index contributed by atoms with van der Waals surface area (Å²) in [4.78, 5) is 15.4. The molecule has 0 amide bonds. The number of esters is 1. The van der Waals surface area contributed by atoms with Gasteiger partial charge in [0.15, 0.2) is 0 Å². The van der Waals surface area contributed by atoms with Gasteiger partial charge in [0.2, 0.25) is 0 Å². The van der Waals surface area contributed by atoms with Crippen LogP contribution in [0.5, 0.6) is 0 Å². The summed E-state index contributed by atoms with van der Waals surface area (Å²) in [7, 11) is 0. The summed E-state index contributed by atoms with van der Waals surface area (Å²) in [6.07, 6.45) is 7.18. The molecule has 0 N–H and O–H groups in total. The summed E-state index contributed by atoms with van der Waals surface area (Å²) in [6, 6.07) is 0.228. The third-order valence-corrected chi connectivity index (χ3v) is 3.95. The van der Waals surface area contributed by atoms with Crippen molar-refractivity contribution in [1.29, 1.82) is 0 Å². The molecule has 3 nitrogen and oxygen atoms in total. The third-order valence-electron chi connectivity index (χ3n) is 3.51. The SMILES string of the molecule is CCCCC[C@@H](CC(=O)OC(C)(C)C)N1CCCC1=S. The van der Waals surface area contributed by atoms with E-state index < -0.39 is 5.60 Å². The Balaban J connectivity index is 2.57. The first-order valence-corrected chi connectivity index (χ1v) is 8.25. The quantitative estimate of drug-likeness (QED) is 0.402. The van der Waals surface area contributed by atoms with E-state index >= 15 is 0 Å². The molecule has 1 aliphatic rings. The number of thiocarbonyl (C=S) groups is 1. The number of hydrogen-bond donors (Lipinski definition) is 0. The molecule has 1 fully saturated rings. The average molecular weight is 299 g/mol. The highest BCUT2D eigenvalue weighted by Crippen LogP contribution is 2.22. The van der Waals surface area contributed by atoms with E-state index in [0.29, 0.717) is 6.42 Å². The number of carbonyl (C=O) groups is 1. The van der Waals surface area contributed by atoms with Crippen molar-refractivity contribution in [2.24, 2.45) is 0 Å². The number of unbranched alkanes of at least 4 members (excludes halogenated alkanes) is 2. The van der Waals surface area contributed by atoms with E-state index in [-0.39, 0.29) is 12.0 Å². The molecule has 1 saturated heterocycles. The van der Waals surface area contributed by atoms with E-state index in [1.165, 1.54) is 12.8 Å². The largest absolute Gasteiger partial charge is 0.460 e. The molecule has 1 atom stereocenters. The van der Waals surface area contributed by atoms with E-state index in [2.05, 4.69) is 11.8 Å². The van der Waals surface area contributed by atoms with Crippen LogP contribution in [-0.2, 0) is 9.53 Å². The molecule has 1 aliphatic heterocycles. The summed E-state index contributed by atoms with van der Waals surface area (Å²) in [6.45, 7) is 8.94. The molecule has 0 aliphatic carbocycles. The molecule has 116 valence electrons. The van der Waals surface area contributed by atoms with Crippen molar-refractivity contribution >= 4 is 23.2 Å². The van der Waals surface area contributed by atoms with Crippen molar-refractivity contribution in [3.63, 3.8) is 0 Å². The minimum absolute atomic E-state index is 0.103. The van der Waals surface area contributed by atoms with Crippen molar-refractivity contribution in [2.45, 2.75) is 84.3 Å². The van der Waals surface area contributed by atoms with Crippen LogP contribution < -0.4 is 0 Å². The number of ether oxygens (including phenoxy) is 1. The highest BCUT2D eigenvalue weighted by Gasteiger charge is 2.28. The Morgan fingerprint density at radius 3 is 2.60 bits per heavy atom. The fraction of sp³-hybridized carbons (Fsp3) is 0.875. The van der Waals surface area contributed by atoms with E-state index in [1.807, 2.05) is 20.8 Å². The van der Waals surface area contributed by atoms with Gasteiger partial charge in [0.25, 0.3) is 0 Å². The fourth-order valence-electron chi connectivity index (χ4n) is 2.63. The number of likely N-dealkylation sites (tertiary alicyclic amines) is 1. The van der Waals surface area contributed by atoms with Gasteiger partial charge >= 0.3 is 5.97 Å². The summed E-state index contributed by atoms with van der Waals surface area (Å²) in [5, 5.41) is 0. The summed E-state index contributed by atoms with van der Waals surface area (Å²) in [5.74, 6) is -0.103. The van der Waals surface area contributed by atoms with Crippen molar-refractivity contribution < 1.29 is 9.53 Å². The first kappa shape index (κ1) is 17.4. The molecule has 0 aromatic carbocycles. The van der Waals surface area contributed by atoms with Gasteiger partial charge in [-0.2, -0.15) is 0 Å². The minimum atomic E-state index is -0.406. The molecule has 0 bridgehead atoms. The highest BCUT2D eigenvalue weighted by molar-refractivity contribution is 7.80. The average Bonchev–Trinajstić information content (AvgIpc) is 2.72. The maximum Gasteiger partial charge on any atom is 0.308 e. The van der Waals surface area contributed by atoms with Gasteiger partial charge in [-0.3, -0.25) is 4.79 Å². The Hall–Kier alpha value is -0.640. The second kappa shape index (κ2) is 7.96. The van der Waals surface area contributed by atoms with Crippen LogP contribution in [0, 0.1) is 0 Å². The molecule has 0 spiro atoms. The summed E-state index contributed by atoms with van der Waals surface area (Å²) in [5.41, 5.74) is -0.406. The lowest BCUT2D eigenvalue weighted by atomic mass is 10.0. The van der Waals surface area contributed by atoms with E-state index in [1.54, 1.807) is 0 Å². The molecular formula is C16H29NO2S. The Labute approximate surface area is 129 Å². The predicted molar refractivity (Wildman–Crippen MR) is 86.9 cm³/mol. The van der Waals surface area contributed by atoms with E-state index in [9.17, 15) is 4.79 Å². The van der Waals surface area contributed by atoms with E-state index in [0.717, 1.165) is 37.2 Å². The maximum atomic E-state index is 12.1. The summed E-state index contributed by atoms with van der Waals surface area (Å²) < 4.78 is 5.46. The zero-order chi connectivity index (χ0) is 15.2. The standard InChI is InChI=1S/C16H29NO2S/c1-5-6-7-9-13(17-11-8-10-14(17)20)12-15(18)19-16(2,3)4/h13H,5-12H2,1-4H3/t13-/m0/s1. The van der Waals surface area contributed by atoms with Crippen LogP contribution in [0.4, 0.5) is 0 Å². The Morgan fingerprint density at radius 2 is 2.10 bits per heavy atom. The van der Waals surface area contributed by atoms with Gasteiger partial charge in [-0.1, -0.05) is 38.4 Å². The predicted octanol–water partition coefficient (Wildman–Crippen LogP) is 4.09. The molecular weight excluding hydrogens is 270 g/mol. The first-order valence-electron chi connectivity index (χ1n) is 7.85. The fourth-order valence-corrected chi connectivity index (χ4v) is 3.01. The molecule has 0 aromatic heterocycles. The van der Waals surface area contributed by atoms with E-state index in [4.69, 9.17) is 17.0 Å². The molecule has 1 heterocycles. The topological polar surface area (TPSA) is 29.5 Å². The van der Waals surface area contributed by atoms with Crippen LogP contribution in [0.3, 0.4) is 0 Å². The monoisotopic (exact) mass is 299 g/mol. The molecule has 0 unspecified atom stereocenters. The number of carbonyl (C=O) groups excluding carboxylic acids is 1. The zero-order valence-corrected chi connectivity index (χ0v) is 14.2. The molecule has 4 heteroatoms. The molecule has 1 rings (SSSR count). The molecule has 20 heavy (non-hydrogen) atoms. The second-order valence-corrected chi connectivity index (χ2v) is 7.10. The van der Waals surface area contributed by atoms with Crippen LogP contribution in [0.1, 0.15) is 72.6 Å². The Kier molecular flexibility index (Phi) is 6.93. The molecule has 0 saturated carbocycles. The highest BCUT2D eigenvalue weighted by atomic mass is 32.1.